The Balaban J connectivity index is 2.88. The van der Waals surface area contributed by atoms with Crippen LogP contribution in [0.3, 0.4) is 0 Å². The molecule has 0 amide bonds. The predicted molar refractivity (Wildman–Crippen MR) is 72.9 cm³/mol. The molecule has 0 bridgehead atoms. The Bertz CT molecular complexity index is 437. The zero-order valence-electron chi connectivity index (χ0n) is 11.3. The van der Waals surface area contributed by atoms with Gasteiger partial charge in [0.15, 0.2) is 18.1 Å². The average molecular weight is 288 g/mol. The molecule has 0 aliphatic heterocycles. The molecule has 19 heavy (non-hydrogen) atoms. The van der Waals surface area contributed by atoms with E-state index in [1.807, 2.05) is 13.0 Å². The van der Waals surface area contributed by atoms with Gasteiger partial charge in [-0.2, -0.15) is 0 Å². The molecule has 0 unspecified atom stereocenters. The minimum absolute atomic E-state index is 0.209. The molecule has 0 heterocycles. The molecular formula is C13H18ClNO4. The van der Waals surface area contributed by atoms with E-state index in [2.05, 4.69) is 10.1 Å². The third-order valence-electron chi connectivity index (χ3n) is 2.43. The monoisotopic (exact) mass is 287 g/mol. The van der Waals surface area contributed by atoms with Crippen LogP contribution in [0, 0.1) is 0 Å². The summed E-state index contributed by atoms with van der Waals surface area (Å²) >= 11 is 6.13. The minimum atomic E-state index is -0.477. The third kappa shape index (κ3) is 4.61. The maximum atomic E-state index is 11.1. The van der Waals surface area contributed by atoms with Crippen molar-refractivity contribution in [3.05, 3.63) is 22.7 Å². The van der Waals surface area contributed by atoms with Crippen LogP contribution in [0.5, 0.6) is 11.5 Å². The van der Waals surface area contributed by atoms with Gasteiger partial charge in [0.05, 0.1) is 19.2 Å². The average Bonchev–Trinajstić information content (AvgIpc) is 2.42. The summed E-state index contributed by atoms with van der Waals surface area (Å²) in [6, 6.07) is 3.60. The van der Waals surface area contributed by atoms with E-state index < -0.39 is 5.97 Å². The second-order valence-electron chi connectivity index (χ2n) is 3.75. The first kappa shape index (κ1) is 15.6. The molecule has 5 nitrogen and oxygen atoms in total. The summed E-state index contributed by atoms with van der Waals surface area (Å²) < 4.78 is 15.0. The van der Waals surface area contributed by atoms with Crippen molar-refractivity contribution in [2.45, 2.75) is 13.5 Å². The molecule has 1 rings (SSSR count). The van der Waals surface area contributed by atoms with Gasteiger partial charge in [-0.1, -0.05) is 18.5 Å². The highest BCUT2D eigenvalue weighted by Crippen LogP contribution is 2.36. The SMILES string of the molecule is CCNCc1cc(Cl)c(OCC(=O)OC)c(OC)c1. The van der Waals surface area contributed by atoms with Gasteiger partial charge >= 0.3 is 5.97 Å². The predicted octanol–water partition coefficient (Wildman–Crippen LogP) is 2.01. The molecule has 0 atom stereocenters. The lowest BCUT2D eigenvalue weighted by Gasteiger charge is -2.13. The van der Waals surface area contributed by atoms with Gasteiger partial charge in [0.2, 0.25) is 0 Å². The van der Waals surface area contributed by atoms with Crippen LogP contribution in [0.2, 0.25) is 5.02 Å². The van der Waals surface area contributed by atoms with Gasteiger partial charge < -0.3 is 19.5 Å². The first-order valence-electron chi connectivity index (χ1n) is 5.89. The molecule has 0 saturated carbocycles. The van der Waals surface area contributed by atoms with Crippen molar-refractivity contribution in [2.24, 2.45) is 0 Å². The van der Waals surface area contributed by atoms with Crippen LogP contribution in [0.15, 0.2) is 12.1 Å². The summed E-state index contributed by atoms with van der Waals surface area (Å²) in [6.07, 6.45) is 0. The molecular weight excluding hydrogens is 270 g/mol. The lowest BCUT2D eigenvalue weighted by atomic mass is 10.2. The maximum Gasteiger partial charge on any atom is 0.343 e. The number of halogens is 1. The number of hydrogen-bond acceptors (Lipinski definition) is 5. The summed E-state index contributed by atoms with van der Waals surface area (Å²) in [7, 11) is 2.82. The van der Waals surface area contributed by atoms with Crippen LogP contribution >= 0.6 is 11.6 Å². The second-order valence-corrected chi connectivity index (χ2v) is 4.16. The van der Waals surface area contributed by atoms with E-state index in [0.29, 0.717) is 23.1 Å². The molecule has 1 aromatic rings. The third-order valence-corrected chi connectivity index (χ3v) is 2.71. The quantitative estimate of drug-likeness (QED) is 0.778. The van der Waals surface area contributed by atoms with Crippen LogP contribution in [-0.4, -0.2) is 33.3 Å². The number of hydrogen-bond donors (Lipinski definition) is 1. The molecule has 106 valence electrons. The van der Waals surface area contributed by atoms with Crippen molar-refractivity contribution in [1.82, 2.24) is 5.32 Å². The van der Waals surface area contributed by atoms with Crippen molar-refractivity contribution in [1.29, 1.82) is 0 Å². The summed E-state index contributed by atoms with van der Waals surface area (Å²) in [4.78, 5) is 11.1. The van der Waals surface area contributed by atoms with Crippen molar-refractivity contribution in [3.63, 3.8) is 0 Å². The Labute approximate surface area is 117 Å². The molecule has 0 saturated heterocycles. The van der Waals surface area contributed by atoms with E-state index >= 15 is 0 Å². The highest BCUT2D eigenvalue weighted by Gasteiger charge is 2.13. The van der Waals surface area contributed by atoms with Crippen LogP contribution in [0.1, 0.15) is 12.5 Å². The summed E-state index contributed by atoms with van der Waals surface area (Å²) in [5.74, 6) is 0.356. The van der Waals surface area contributed by atoms with E-state index in [0.717, 1.165) is 12.1 Å². The summed E-state index contributed by atoms with van der Waals surface area (Å²) in [5.41, 5.74) is 0.981. The molecule has 0 aliphatic rings. The number of carbonyl (C=O) groups excluding carboxylic acids is 1. The number of methoxy groups -OCH3 is 2. The highest BCUT2D eigenvalue weighted by molar-refractivity contribution is 6.32. The van der Waals surface area contributed by atoms with Gasteiger partial charge in [-0.25, -0.2) is 4.79 Å². The zero-order valence-corrected chi connectivity index (χ0v) is 12.0. The van der Waals surface area contributed by atoms with Gasteiger partial charge in [-0.15, -0.1) is 0 Å². The maximum absolute atomic E-state index is 11.1. The van der Waals surface area contributed by atoms with Crippen molar-refractivity contribution in [2.75, 3.05) is 27.4 Å². The van der Waals surface area contributed by atoms with Crippen molar-refractivity contribution >= 4 is 17.6 Å². The molecule has 0 aromatic heterocycles. The normalized spacial score (nSPS) is 10.1. The van der Waals surface area contributed by atoms with E-state index in [9.17, 15) is 4.79 Å². The Morgan fingerprint density at radius 3 is 2.68 bits per heavy atom. The molecule has 0 fully saturated rings. The molecule has 0 radical (unpaired) electrons. The fraction of sp³-hybridized carbons (Fsp3) is 0.462. The first-order valence-corrected chi connectivity index (χ1v) is 6.26. The topological polar surface area (TPSA) is 56.8 Å². The van der Waals surface area contributed by atoms with Gasteiger partial charge in [-0.05, 0) is 24.2 Å². The van der Waals surface area contributed by atoms with Gasteiger partial charge in [0.25, 0.3) is 0 Å². The van der Waals surface area contributed by atoms with E-state index in [4.69, 9.17) is 21.1 Å². The summed E-state index contributed by atoms with van der Waals surface area (Å²) in [5, 5.41) is 3.59. The van der Waals surface area contributed by atoms with Gasteiger partial charge in [-0.3, -0.25) is 0 Å². The number of rotatable bonds is 7. The number of esters is 1. The van der Waals surface area contributed by atoms with Crippen molar-refractivity contribution in [3.8, 4) is 11.5 Å². The van der Waals surface area contributed by atoms with Gasteiger partial charge in [0, 0.05) is 6.54 Å². The number of benzene rings is 1. The Morgan fingerprint density at radius 2 is 2.11 bits per heavy atom. The number of carbonyl (C=O) groups is 1. The van der Waals surface area contributed by atoms with Crippen LogP contribution < -0.4 is 14.8 Å². The number of nitrogens with one attached hydrogen (secondary N) is 1. The smallest absolute Gasteiger partial charge is 0.343 e. The zero-order chi connectivity index (χ0) is 14.3. The first-order chi connectivity index (χ1) is 9.12. The van der Waals surface area contributed by atoms with Crippen LogP contribution in [-0.2, 0) is 16.1 Å². The van der Waals surface area contributed by atoms with Crippen LogP contribution in [0.4, 0.5) is 0 Å². The second kappa shape index (κ2) is 7.86. The Morgan fingerprint density at radius 1 is 1.37 bits per heavy atom. The lowest BCUT2D eigenvalue weighted by molar-refractivity contribution is -0.142. The minimum Gasteiger partial charge on any atom is -0.493 e. The summed E-state index contributed by atoms with van der Waals surface area (Å²) in [6.45, 7) is 3.36. The molecule has 6 heteroatoms. The fourth-order valence-electron chi connectivity index (χ4n) is 1.47. The van der Waals surface area contributed by atoms with Crippen LogP contribution in [0.25, 0.3) is 0 Å². The molecule has 1 N–H and O–H groups in total. The van der Waals surface area contributed by atoms with E-state index in [1.54, 1.807) is 6.07 Å². The fourth-order valence-corrected chi connectivity index (χ4v) is 1.76. The van der Waals surface area contributed by atoms with Crippen molar-refractivity contribution < 1.29 is 19.0 Å². The Hall–Kier alpha value is -1.46. The molecule has 0 spiro atoms. The standard InChI is InChI=1S/C13H18ClNO4/c1-4-15-7-9-5-10(14)13(11(6-9)17-2)19-8-12(16)18-3/h5-6,15H,4,7-8H2,1-3H3. The van der Waals surface area contributed by atoms with Gasteiger partial charge in [0.1, 0.15) is 0 Å². The largest absolute Gasteiger partial charge is 0.493 e. The lowest BCUT2D eigenvalue weighted by Crippen LogP contribution is -2.14. The molecule has 0 aliphatic carbocycles. The highest BCUT2D eigenvalue weighted by atomic mass is 35.5. The molecule has 1 aromatic carbocycles. The van der Waals surface area contributed by atoms with E-state index in [1.165, 1.54) is 14.2 Å². The number of ether oxygens (including phenoxy) is 3. The Kier molecular flexibility index (Phi) is 6.45. The van der Waals surface area contributed by atoms with E-state index in [-0.39, 0.29) is 6.61 Å².